The van der Waals surface area contributed by atoms with Crippen molar-refractivity contribution in [2.45, 2.75) is 11.3 Å². The Labute approximate surface area is 169 Å². The van der Waals surface area contributed by atoms with E-state index in [4.69, 9.17) is 11.6 Å². The Balaban J connectivity index is 1.59. The van der Waals surface area contributed by atoms with Gasteiger partial charge in [0.1, 0.15) is 0 Å². The average Bonchev–Trinajstić information content (AvgIpc) is 2.68. The largest absolute Gasteiger partial charge is 0.352 e. The molecule has 0 spiro atoms. The summed E-state index contributed by atoms with van der Waals surface area (Å²) < 4.78 is 27.3. The van der Waals surface area contributed by atoms with Crippen LogP contribution >= 0.6 is 11.6 Å². The molecule has 0 fully saturated rings. The molecule has 0 aliphatic heterocycles. The summed E-state index contributed by atoms with van der Waals surface area (Å²) in [5.41, 5.74) is 1.90. The van der Waals surface area contributed by atoms with Crippen molar-refractivity contribution in [1.82, 2.24) is 5.32 Å². The molecule has 0 aromatic heterocycles. The fraction of sp³-hybridized carbons (Fsp3) is 0.0952. The predicted octanol–water partition coefficient (Wildman–Crippen LogP) is 4.11. The number of amides is 1. The van der Waals surface area contributed by atoms with Gasteiger partial charge in [0.2, 0.25) is 0 Å². The molecule has 5 nitrogen and oxygen atoms in total. The topological polar surface area (TPSA) is 75.3 Å². The zero-order valence-corrected chi connectivity index (χ0v) is 16.5. The minimum Gasteiger partial charge on any atom is -0.352 e. The van der Waals surface area contributed by atoms with E-state index in [1.54, 1.807) is 36.4 Å². The summed E-state index contributed by atoms with van der Waals surface area (Å²) in [5, 5.41) is 3.48. The number of benzene rings is 3. The molecule has 2 N–H and O–H groups in total. The maximum absolute atomic E-state index is 12.4. The first kappa shape index (κ1) is 19.9. The van der Waals surface area contributed by atoms with Gasteiger partial charge in [0.25, 0.3) is 15.9 Å². The van der Waals surface area contributed by atoms with Gasteiger partial charge in [0.15, 0.2) is 0 Å². The highest BCUT2D eigenvalue weighted by Gasteiger charge is 2.15. The molecule has 0 saturated carbocycles. The Morgan fingerprint density at radius 3 is 2.29 bits per heavy atom. The van der Waals surface area contributed by atoms with E-state index >= 15 is 0 Å². The van der Waals surface area contributed by atoms with Crippen LogP contribution in [-0.4, -0.2) is 20.9 Å². The minimum atomic E-state index is -3.71. The van der Waals surface area contributed by atoms with Gasteiger partial charge in [-0.3, -0.25) is 9.52 Å². The van der Waals surface area contributed by atoms with Gasteiger partial charge in [-0.1, -0.05) is 41.9 Å². The number of nitrogens with one attached hydrogen (secondary N) is 2. The van der Waals surface area contributed by atoms with E-state index in [9.17, 15) is 13.2 Å². The molecular weight excluding hydrogens is 396 g/mol. The molecule has 0 unspecified atom stereocenters. The Morgan fingerprint density at radius 2 is 1.61 bits per heavy atom. The van der Waals surface area contributed by atoms with E-state index in [1.165, 1.54) is 24.3 Å². The Bertz CT molecular complexity index is 1050. The zero-order chi connectivity index (χ0) is 20.0. The fourth-order valence-electron chi connectivity index (χ4n) is 2.62. The van der Waals surface area contributed by atoms with Gasteiger partial charge < -0.3 is 5.32 Å². The van der Waals surface area contributed by atoms with Gasteiger partial charge in [-0.15, -0.1) is 0 Å². The normalized spacial score (nSPS) is 11.0. The van der Waals surface area contributed by atoms with Crippen LogP contribution < -0.4 is 10.0 Å². The summed E-state index contributed by atoms with van der Waals surface area (Å²) in [7, 11) is -3.71. The van der Waals surface area contributed by atoms with Crippen molar-refractivity contribution >= 4 is 33.2 Å². The van der Waals surface area contributed by atoms with Crippen molar-refractivity contribution in [1.29, 1.82) is 0 Å². The highest BCUT2D eigenvalue weighted by atomic mass is 35.5. The quantitative estimate of drug-likeness (QED) is 0.610. The van der Waals surface area contributed by atoms with Crippen LogP contribution in [-0.2, 0) is 16.4 Å². The Kier molecular flexibility index (Phi) is 6.34. The van der Waals surface area contributed by atoms with Crippen molar-refractivity contribution in [3.63, 3.8) is 0 Å². The summed E-state index contributed by atoms with van der Waals surface area (Å²) in [4.78, 5) is 12.3. The molecule has 0 aliphatic carbocycles. The number of halogens is 1. The standard InChI is InChI=1S/C21H19ClN2O3S/c22-18-6-4-5-16(15-18)13-14-23-21(25)17-9-11-20(12-10-17)28(26,27)24-19-7-2-1-3-8-19/h1-12,15,24H,13-14H2,(H,23,25). The maximum atomic E-state index is 12.4. The molecule has 144 valence electrons. The number of anilines is 1. The lowest BCUT2D eigenvalue weighted by atomic mass is 10.1. The summed E-state index contributed by atoms with van der Waals surface area (Å²) >= 11 is 5.94. The molecule has 0 heterocycles. The van der Waals surface area contributed by atoms with Crippen LogP contribution in [0.3, 0.4) is 0 Å². The molecule has 1 amide bonds. The van der Waals surface area contributed by atoms with Crippen molar-refractivity contribution in [2.75, 3.05) is 11.3 Å². The first-order chi connectivity index (χ1) is 13.4. The molecule has 3 aromatic rings. The number of carbonyl (C=O) groups excluding carboxylic acids is 1. The zero-order valence-electron chi connectivity index (χ0n) is 14.9. The van der Waals surface area contributed by atoms with Gasteiger partial charge in [-0.05, 0) is 60.5 Å². The lowest BCUT2D eigenvalue weighted by Gasteiger charge is -2.09. The SMILES string of the molecule is O=C(NCCc1cccc(Cl)c1)c1ccc(S(=O)(=O)Nc2ccccc2)cc1. The molecule has 7 heteroatoms. The second-order valence-corrected chi connectivity index (χ2v) is 8.25. The van der Waals surface area contributed by atoms with Gasteiger partial charge in [0, 0.05) is 22.8 Å². The van der Waals surface area contributed by atoms with E-state index in [1.807, 2.05) is 18.2 Å². The van der Waals surface area contributed by atoms with Crippen LogP contribution in [0.4, 0.5) is 5.69 Å². The molecule has 28 heavy (non-hydrogen) atoms. The summed E-state index contributed by atoms with van der Waals surface area (Å²) in [6.45, 7) is 0.453. The number of hydrogen-bond acceptors (Lipinski definition) is 3. The second kappa shape index (κ2) is 8.91. The first-order valence-corrected chi connectivity index (χ1v) is 10.5. The number of rotatable bonds is 7. The van der Waals surface area contributed by atoms with Crippen molar-refractivity contribution < 1.29 is 13.2 Å². The number of carbonyl (C=O) groups is 1. The maximum Gasteiger partial charge on any atom is 0.261 e. The van der Waals surface area contributed by atoms with Crippen LogP contribution in [0.15, 0.2) is 83.8 Å². The highest BCUT2D eigenvalue weighted by Crippen LogP contribution is 2.16. The molecule has 0 aliphatic rings. The van der Waals surface area contributed by atoms with Crippen molar-refractivity contribution in [3.05, 3.63) is 95.0 Å². The first-order valence-electron chi connectivity index (χ1n) is 8.65. The number of sulfonamides is 1. The predicted molar refractivity (Wildman–Crippen MR) is 111 cm³/mol. The molecule has 3 aromatic carbocycles. The van der Waals surface area contributed by atoms with Crippen LogP contribution in [0.2, 0.25) is 5.02 Å². The van der Waals surface area contributed by atoms with Crippen LogP contribution in [0.25, 0.3) is 0 Å². The molecule has 0 saturated heterocycles. The Hall–Kier alpha value is -2.83. The third kappa shape index (κ3) is 5.34. The summed E-state index contributed by atoms with van der Waals surface area (Å²) in [6, 6.07) is 21.9. The third-order valence-corrected chi connectivity index (χ3v) is 5.67. The smallest absolute Gasteiger partial charge is 0.261 e. The molecule has 3 rings (SSSR count). The van der Waals surface area contributed by atoms with Crippen molar-refractivity contribution in [2.24, 2.45) is 0 Å². The number of para-hydroxylation sites is 1. The van der Waals surface area contributed by atoms with E-state index in [0.29, 0.717) is 29.2 Å². The summed E-state index contributed by atoms with van der Waals surface area (Å²) in [6.07, 6.45) is 0.653. The van der Waals surface area contributed by atoms with Crippen LogP contribution in [0, 0.1) is 0 Å². The minimum absolute atomic E-state index is 0.0897. The van der Waals surface area contributed by atoms with Gasteiger partial charge >= 0.3 is 0 Å². The monoisotopic (exact) mass is 414 g/mol. The van der Waals surface area contributed by atoms with E-state index < -0.39 is 10.0 Å². The van der Waals surface area contributed by atoms with Gasteiger partial charge in [-0.2, -0.15) is 0 Å². The van der Waals surface area contributed by atoms with E-state index in [0.717, 1.165) is 5.56 Å². The average molecular weight is 415 g/mol. The van der Waals surface area contributed by atoms with E-state index in [2.05, 4.69) is 10.0 Å². The molecular formula is C21H19ClN2O3S. The highest BCUT2D eigenvalue weighted by molar-refractivity contribution is 7.92. The lowest BCUT2D eigenvalue weighted by Crippen LogP contribution is -2.25. The van der Waals surface area contributed by atoms with Crippen LogP contribution in [0.1, 0.15) is 15.9 Å². The van der Waals surface area contributed by atoms with Gasteiger partial charge in [0.05, 0.1) is 4.90 Å². The molecule has 0 atom stereocenters. The van der Waals surface area contributed by atoms with E-state index in [-0.39, 0.29) is 10.8 Å². The molecule has 0 bridgehead atoms. The van der Waals surface area contributed by atoms with Crippen molar-refractivity contribution in [3.8, 4) is 0 Å². The summed E-state index contributed by atoms with van der Waals surface area (Å²) in [5.74, 6) is -0.262. The Morgan fingerprint density at radius 1 is 0.893 bits per heavy atom. The second-order valence-electron chi connectivity index (χ2n) is 6.13. The number of hydrogen-bond donors (Lipinski definition) is 2. The molecule has 0 radical (unpaired) electrons. The third-order valence-electron chi connectivity index (χ3n) is 4.04. The fourth-order valence-corrected chi connectivity index (χ4v) is 3.89. The van der Waals surface area contributed by atoms with Gasteiger partial charge in [-0.25, -0.2) is 8.42 Å². The lowest BCUT2D eigenvalue weighted by molar-refractivity contribution is 0.0954. The van der Waals surface area contributed by atoms with Crippen LogP contribution in [0.5, 0.6) is 0 Å².